The van der Waals surface area contributed by atoms with Gasteiger partial charge >= 0.3 is 11.9 Å². The quantitative estimate of drug-likeness (QED) is 0.328. The summed E-state index contributed by atoms with van der Waals surface area (Å²) in [6, 6.07) is 17.7. The van der Waals surface area contributed by atoms with Crippen LogP contribution >= 0.6 is 27.3 Å². The predicted molar refractivity (Wildman–Crippen MR) is 127 cm³/mol. The molecule has 0 radical (unpaired) electrons. The lowest BCUT2D eigenvalue weighted by Gasteiger charge is -2.08. The van der Waals surface area contributed by atoms with Crippen LogP contribution in [0.4, 0.5) is 0 Å². The fraction of sp³-hybridized carbons (Fsp3) is 0.250. The van der Waals surface area contributed by atoms with E-state index in [1.54, 1.807) is 6.92 Å². The van der Waals surface area contributed by atoms with Crippen molar-refractivity contribution in [2.45, 2.75) is 13.3 Å². The number of thiophene rings is 1. The SMILES string of the molecule is CCOC(=O)COc1c(C(=O)OC)sc(-c2cccc(OCCc3ccccc3)c2)c1Br. The zero-order valence-corrected chi connectivity index (χ0v) is 20.2. The van der Waals surface area contributed by atoms with E-state index < -0.39 is 11.9 Å². The molecule has 6 nitrogen and oxygen atoms in total. The average Bonchev–Trinajstić information content (AvgIpc) is 3.14. The van der Waals surface area contributed by atoms with Crippen molar-refractivity contribution in [3.63, 3.8) is 0 Å². The summed E-state index contributed by atoms with van der Waals surface area (Å²) in [5, 5.41) is 0. The molecule has 3 aromatic rings. The second-order valence-electron chi connectivity index (χ2n) is 6.60. The summed E-state index contributed by atoms with van der Waals surface area (Å²) < 4.78 is 21.9. The minimum atomic E-state index is -0.545. The third-order valence-electron chi connectivity index (χ3n) is 4.42. The van der Waals surface area contributed by atoms with E-state index in [-0.39, 0.29) is 23.8 Å². The van der Waals surface area contributed by atoms with Gasteiger partial charge in [-0.3, -0.25) is 0 Å². The summed E-state index contributed by atoms with van der Waals surface area (Å²) in [4.78, 5) is 25.0. The van der Waals surface area contributed by atoms with E-state index in [4.69, 9.17) is 18.9 Å². The zero-order chi connectivity index (χ0) is 22.9. The van der Waals surface area contributed by atoms with Crippen molar-refractivity contribution in [1.82, 2.24) is 0 Å². The van der Waals surface area contributed by atoms with Gasteiger partial charge in [-0.05, 0) is 46.1 Å². The van der Waals surface area contributed by atoms with E-state index in [2.05, 4.69) is 28.1 Å². The van der Waals surface area contributed by atoms with Crippen LogP contribution in [0.15, 0.2) is 59.1 Å². The number of esters is 2. The van der Waals surface area contributed by atoms with Crippen molar-refractivity contribution < 1.29 is 28.5 Å². The minimum Gasteiger partial charge on any atom is -0.493 e. The maximum absolute atomic E-state index is 12.3. The van der Waals surface area contributed by atoms with Crippen LogP contribution in [0.5, 0.6) is 11.5 Å². The lowest BCUT2D eigenvalue weighted by Crippen LogP contribution is -2.15. The predicted octanol–water partition coefficient (Wildman–Crippen LogP) is 5.53. The summed E-state index contributed by atoms with van der Waals surface area (Å²) in [6.07, 6.45) is 0.798. The number of rotatable bonds is 10. The molecule has 2 aromatic carbocycles. The molecular formula is C24H23BrO6S. The molecule has 0 amide bonds. The number of hydrogen-bond acceptors (Lipinski definition) is 7. The normalized spacial score (nSPS) is 10.5. The number of ether oxygens (including phenoxy) is 4. The lowest BCUT2D eigenvalue weighted by molar-refractivity contribution is -0.145. The zero-order valence-electron chi connectivity index (χ0n) is 17.8. The van der Waals surface area contributed by atoms with Crippen molar-refractivity contribution in [1.29, 1.82) is 0 Å². The van der Waals surface area contributed by atoms with Gasteiger partial charge in [-0.15, -0.1) is 11.3 Å². The van der Waals surface area contributed by atoms with Crippen molar-refractivity contribution >= 4 is 39.2 Å². The molecule has 8 heteroatoms. The van der Waals surface area contributed by atoms with Gasteiger partial charge in [0.1, 0.15) is 5.75 Å². The molecule has 0 saturated heterocycles. The van der Waals surface area contributed by atoms with Crippen LogP contribution in [-0.4, -0.2) is 38.9 Å². The van der Waals surface area contributed by atoms with Crippen molar-refractivity contribution in [3.05, 3.63) is 69.5 Å². The fourth-order valence-electron chi connectivity index (χ4n) is 2.93. The molecular weight excluding hydrogens is 496 g/mol. The first-order chi connectivity index (χ1) is 15.5. The molecule has 0 unspecified atom stereocenters. The summed E-state index contributed by atoms with van der Waals surface area (Å²) in [5.74, 6) is -0.0968. The molecule has 0 aliphatic heterocycles. The third kappa shape index (κ3) is 6.11. The monoisotopic (exact) mass is 518 g/mol. The number of hydrogen-bond donors (Lipinski definition) is 0. The van der Waals surface area contributed by atoms with E-state index in [9.17, 15) is 9.59 Å². The molecule has 1 aromatic heterocycles. The number of halogens is 1. The molecule has 0 bridgehead atoms. The minimum absolute atomic E-state index is 0.249. The molecule has 1 heterocycles. The molecule has 0 aliphatic rings. The van der Waals surface area contributed by atoms with Crippen LogP contribution in [-0.2, 0) is 20.7 Å². The largest absolute Gasteiger partial charge is 0.493 e. The summed E-state index contributed by atoms with van der Waals surface area (Å²) in [7, 11) is 1.30. The number of carbonyl (C=O) groups excluding carboxylic acids is 2. The van der Waals surface area contributed by atoms with E-state index in [1.807, 2.05) is 42.5 Å². The van der Waals surface area contributed by atoms with Gasteiger partial charge < -0.3 is 18.9 Å². The van der Waals surface area contributed by atoms with Crippen molar-refractivity contribution in [2.24, 2.45) is 0 Å². The Morgan fingerprint density at radius 2 is 1.81 bits per heavy atom. The second kappa shape index (κ2) is 11.7. The maximum Gasteiger partial charge on any atom is 0.351 e. The Morgan fingerprint density at radius 1 is 1.03 bits per heavy atom. The molecule has 0 atom stereocenters. The Balaban J connectivity index is 1.79. The molecule has 0 aliphatic carbocycles. The number of benzene rings is 2. The van der Waals surface area contributed by atoms with Crippen LogP contribution in [0.25, 0.3) is 10.4 Å². The van der Waals surface area contributed by atoms with E-state index >= 15 is 0 Å². The number of carbonyl (C=O) groups is 2. The molecule has 0 fully saturated rings. The smallest absolute Gasteiger partial charge is 0.351 e. The Kier molecular flexibility index (Phi) is 8.70. The fourth-order valence-corrected chi connectivity index (χ4v) is 4.90. The Bertz CT molecular complexity index is 1060. The third-order valence-corrected chi connectivity index (χ3v) is 6.64. The molecule has 168 valence electrons. The van der Waals surface area contributed by atoms with E-state index in [1.165, 1.54) is 24.0 Å². The van der Waals surface area contributed by atoms with Crippen molar-refractivity contribution in [2.75, 3.05) is 26.9 Å². The van der Waals surface area contributed by atoms with Gasteiger partial charge in [0, 0.05) is 6.42 Å². The lowest BCUT2D eigenvalue weighted by atomic mass is 10.1. The Labute approximate surface area is 199 Å². The summed E-state index contributed by atoms with van der Waals surface area (Å²) in [6.45, 7) is 2.19. The van der Waals surface area contributed by atoms with E-state index in [0.29, 0.717) is 16.8 Å². The Hall–Kier alpha value is -2.84. The van der Waals surface area contributed by atoms with Gasteiger partial charge in [-0.2, -0.15) is 0 Å². The molecule has 3 rings (SSSR count). The van der Waals surface area contributed by atoms with Gasteiger partial charge in [0.05, 0.1) is 29.7 Å². The van der Waals surface area contributed by atoms with Crippen LogP contribution in [0.1, 0.15) is 22.2 Å². The molecule has 0 N–H and O–H groups in total. The van der Waals surface area contributed by atoms with Crippen LogP contribution < -0.4 is 9.47 Å². The first-order valence-electron chi connectivity index (χ1n) is 9.99. The highest BCUT2D eigenvalue weighted by Gasteiger charge is 2.25. The van der Waals surface area contributed by atoms with Gasteiger partial charge in [0.25, 0.3) is 0 Å². The molecule has 0 saturated carbocycles. The topological polar surface area (TPSA) is 71.1 Å². The van der Waals surface area contributed by atoms with Gasteiger partial charge in [0.15, 0.2) is 17.2 Å². The van der Waals surface area contributed by atoms with E-state index in [0.717, 1.165) is 16.9 Å². The first kappa shape index (κ1) is 23.8. The average molecular weight is 519 g/mol. The van der Waals surface area contributed by atoms with Crippen LogP contribution in [0, 0.1) is 0 Å². The standard InChI is InChI=1S/C24H23BrO6S/c1-3-29-19(26)15-31-21-20(25)22(32-23(21)24(27)28-2)17-10-7-11-18(14-17)30-13-12-16-8-5-4-6-9-16/h4-11,14H,3,12-13,15H2,1-2H3. The maximum atomic E-state index is 12.3. The summed E-state index contributed by atoms with van der Waals surface area (Å²) in [5.41, 5.74) is 2.05. The van der Waals surface area contributed by atoms with Crippen LogP contribution in [0.2, 0.25) is 0 Å². The molecule has 32 heavy (non-hydrogen) atoms. The second-order valence-corrected chi connectivity index (χ2v) is 8.41. The highest BCUT2D eigenvalue weighted by atomic mass is 79.9. The first-order valence-corrected chi connectivity index (χ1v) is 11.6. The van der Waals surface area contributed by atoms with Gasteiger partial charge in [0.2, 0.25) is 0 Å². The molecule has 0 spiro atoms. The van der Waals surface area contributed by atoms with Gasteiger partial charge in [-0.1, -0.05) is 42.5 Å². The summed E-state index contributed by atoms with van der Waals surface area (Å²) >= 11 is 4.73. The highest BCUT2D eigenvalue weighted by molar-refractivity contribution is 9.10. The number of methoxy groups -OCH3 is 1. The highest BCUT2D eigenvalue weighted by Crippen LogP contribution is 2.46. The Morgan fingerprint density at radius 3 is 2.53 bits per heavy atom. The van der Waals surface area contributed by atoms with Crippen molar-refractivity contribution in [3.8, 4) is 21.9 Å². The van der Waals surface area contributed by atoms with Gasteiger partial charge in [-0.25, -0.2) is 9.59 Å². The van der Waals surface area contributed by atoms with Crippen LogP contribution in [0.3, 0.4) is 0 Å².